The maximum absolute atomic E-state index is 12.8. The minimum atomic E-state index is 0. The van der Waals surface area contributed by atoms with Gasteiger partial charge in [-0.3, -0.25) is 9.69 Å². The standard InChI is InChI=1S/C22H22IN3O2S.ClH/c1-28-17-6-4-5-16(13-17)20-15-29-21(24-20)14-25-9-11-26(12-10-25)22(27)18-7-2-3-8-19(18)23;/h2-8,13,15H,9-12,14H2,1H3;1H. The SMILES string of the molecule is COc1cccc(-c2csc(CN3CCN(C(=O)c4ccccc4I)CC3)n2)c1.Cl. The van der Waals surface area contributed by atoms with Gasteiger partial charge in [-0.25, -0.2) is 4.98 Å². The van der Waals surface area contributed by atoms with Crippen LogP contribution in [0.25, 0.3) is 11.3 Å². The lowest BCUT2D eigenvalue weighted by molar-refractivity contribution is 0.0627. The van der Waals surface area contributed by atoms with Crippen molar-refractivity contribution in [3.05, 3.63) is 68.1 Å². The minimum absolute atomic E-state index is 0. The molecule has 2 heterocycles. The van der Waals surface area contributed by atoms with E-state index in [0.29, 0.717) is 0 Å². The Kier molecular flexibility index (Phi) is 8.10. The van der Waals surface area contributed by atoms with Crippen LogP contribution >= 0.6 is 46.3 Å². The van der Waals surface area contributed by atoms with Crippen molar-refractivity contribution >= 4 is 52.2 Å². The molecule has 1 aliphatic heterocycles. The Labute approximate surface area is 200 Å². The largest absolute Gasteiger partial charge is 0.497 e. The molecular formula is C22H23ClIN3O2S. The van der Waals surface area contributed by atoms with Gasteiger partial charge in [0, 0.05) is 40.7 Å². The maximum atomic E-state index is 12.8. The first-order valence-electron chi connectivity index (χ1n) is 9.49. The van der Waals surface area contributed by atoms with Crippen LogP contribution in [0.2, 0.25) is 0 Å². The van der Waals surface area contributed by atoms with E-state index in [2.05, 4.69) is 38.9 Å². The molecule has 1 aromatic heterocycles. The third kappa shape index (κ3) is 5.32. The molecule has 30 heavy (non-hydrogen) atoms. The summed E-state index contributed by atoms with van der Waals surface area (Å²) in [5.41, 5.74) is 2.85. The normalized spacial score (nSPS) is 14.3. The number of amides is 1. The number of carbonyl (C=O) groups excluding carboxylic acids is 1. The van der Waals surface area contributed by atoms with E-state index in [0.717, 1.165) is 63.9 Å². The molecule has 0 saturated carbocycles. The summed E-state index contributed by atoms with van der Waals surface area (Å²) in [6.07, 6.45) is 0. The van der Waals surface area contributed by atoms with Crippen LogP contribution in [-0.2, 0) is 6.54 Å². The maximum Gasteiger partial charge on any atom is 0.255 e. The summed E-state index contributed by atoms with van der Waals surface area (Å²) in [4.78, 5) is 21.9. The molecule has 0 unspecified atom stereocenters. The number of benzene rings is 2. The van der Waals surface area contributed by atoms with E-state index in [9.17, 15) is 4.79 Å². The monoisotopic (exact) mass is 555 g/mol. The van der Waals surface area contributed by atoms with E-state index in [1.54, 1.807) is 18.4 Å². The number of carbonyl (C=O) groups is 1. The summed E-state index contributed by atoms with van der Waals surface area (Å²) in [5, 5.41) is 3.20. The van der Waals surface area contributed by atoms with E-state index in [1.165, 1.54) is 0 Å². The van der Waals surface area contributed by atoms with Crippen molar-refractivity contribution in [2.24, 2.45) is 0 Å². The molecular weight excluding hydrogens is 533 g/mol. The molecule has 0 aliphatic carbocycles. The molecule has 1 saturated heterocycles. The molecule has 2 aromatic carbocycles. The Morgan fingerprint density at radius 3 is 2.63 bits per heavy atom. The predicted octanol–water partition coefficient (Wildman–Crippen LogP) is 4.80. The van der Waals surface area contributed by atoms with Crippen LogP contribution in [0.3, 0.4) is 0 Å². The number of aromatic nitrogens is 1. The van der Waals surface area contributed by atoms with Crippen LogP contribution < -0.4 is 4.74 Å². The third-order valence-corrected chi connectivity index (χ3v) is 6.81. The van der Waals surface area contributed by atoms with E-state index < -0.39 is 0 Å². The molecule has 158 valence electrons. The second-order valence-corrected chi connectivity index (χ2v) is 9.01. The molecule has 0 atom stereocenters. The molecule has 8 heteroatoms. The van der Waals surface area contributed by atoms with Crippen molar-refractivity contribution < 1.29 is 9.53 Å². The number of thiazole rings is 1. The third-order valence-electron chi connectivity index (χ3n) is 5.04. The van der Waals surface area contributed by atoms with Gasteiger partial charge in [0.05, 0.1) is 24.9 Å². The molecule has 5 nitrogen and oxygen atoms in total. The lowest BCUT2D eigenvalue weighted by Crippen LogP contribution is -2.48. The van der Waals surface area contributed by atoms with Crippen molar-refractivity contribution in [2.45, 2.75) is 6.54 Å². The molecule has 4 rings (SSSR count). The van der Waals surface area contributed by atoms with Crippen molar-refractivity contribution in [2.75, 3.05) is 33.3 Å². The Hall–Kier alpha value is -1.68. The molecule has 1 aliphatic rings. The Balaban J connectivity index is 0.00000256. The summed E-state index contributed by atoms with van der Waals surface area (Å²) in [7, 11) is 1.68. The molecule has 3 aromatic rings. The van der Waals surface area contributed by atoms with Gasteiger partial charge in [-0.05, 0) is 46.9 Å². The number of halogens is 2. The van der Waals surface area contributed by atoms with E-state index in [-0.39, 0.29) is 18.3 Å². The number of hydrogen-bond donors (Lipinski definition) is 0. The van der Waals surface area contributed by atoms with Crippen LogP contribution in [0.1, 0.15) is 15.4 Å². The van der Waals surface area contributed by atoms with Crippen LogP contribution in [0.4, 0.5) is 0 Å². The number of piperazine rings is 1. The lowest BCUT2D eigenvalue weighted by Gasteiger charge is -2.34. The fraction of sp³-hybridized carbons (Fsp3) is 0.273. The Morgan fingerprint density at radius 1 is 1.13 bits per heavy atom. The van der Waals surface area contributed by atoms with Crippen LogP contribution in [0.5, 0.6) is 5.75 Å². The lowest BCUT2D eigenvalue weighted by atomic mass is 10.1. The van der Waals surface area contributed by atoms with Crippen LogP contribution in [0, 0.1) is 3.57 Å². The first kappa shape index (κ1) is 23.0. The smallest absolute Gasteiger partial charge is 0.255 e. The summed E-state index contributed by atoms with van der Waals surface area (Å²) in [6.45, 7) is 4.04. The van der Waals surface area contributed by atoms with Gasteiger partial charge in [0.15, 0.2) is 0 Å². The zero-order valence-corrected chi connectivity index (χ0v) is 20.4. The minimum Gasteiger partial charge on any atom is -0.497 e. The number of rotatable bonds is 5. The van der Waals surface area contributed by atoms with Crippen molar-refractivity contribution in [3.8, 4) is 17.0 Å². The first-order valence-corrected chi connectivity index (χ1v) is 11.4. The van der Waals surface area contributed by atoms with E-state index in [4.69, 9.17) is 9.72 Å². The van der Waals surface area contributed by atoms with Gasteiger partial charge < -0.3 is 9.64 Å². The zero-order valence-electron chi connectivity index (χ0n) is 16.6. The van der Waals surface area contributed by atoms with Gasteiger partial charge in [-0.15, -0.1) is 23.7 Å². The highest BCUT2D eigenvalue weighted by molar-refractivity contribution is 14.1. The second-order valence-electron chi connectivity index (χ2n) is 6.91. The average Bonchev–Trinajstić information content (AvgIpc) is 3.23. The predicted molar refractivity (Wildman–Crippen MR) is 132 cm³/mol. The Morgan fingerprint density at radius 2 is 1.90 bits per heavy atom. The van der Waals surface area contributed by atoms with Crippen LogP contribution in [-0.4, -0.2) is 54.0 Å². The molecule has 0 radical (unpaired) electrons. The molecule has 0 spiro atoms. The summed E-state index contributed by atoms with van der Waals surface area (Å²) in [6, 6.07) is 15.8. The van der Waals surface area contributed by atoms with Gasteiger partial charge in [0.2, 0.25) is 0 Å². The molecule has 1 fully saturated rings. The highest BCUT2D eigenvalue weighted by Gasteiger charge is 2.23. The number of nitrogens with zero attached hydrogens (tertiary/aromatic N) is 3. The highest BCUT2D eigenvalue weighted by Crippen LogP contribution is 2.26. The van der Waals surface area contributed by atoms with Gasteiger partial charge in [0.1, 0.15) is 10.8 Å². The fourth-order valence-corrected chi connectivity index (χ4v) is 4.87. The van der Waals surface area contributed by atoms with Crippen LogP contribution in [0.15, 0.2) is 53.9 Å². The van der Waals surface area contributed by atoms with Crippen molar-refractivity contribution in [3.63, 3.8) is 0 Å². The topological polar surface area (TPSA) is 45.7 Å². The zero-order chi connectivity index (χ0) is 20.2. The van der Waals surface area contributed by atoms with E-state index in [1.807, 2.05) is 47.4 Å². The van der Waals surface area contributed by atoms with Gasteiger partial charge in [-0.2, -0.15) is 0 Å². The number of hydrogen-bond acceptors (Lipinski definition) is 5. The quantitative estimate of drug-likeness (QED) is 0.424. The molecule has 0 bridgehead atoms. The molecule has 1 amide bonds. The average molecular weight is 556 g/mol. The van der Waals surface area contributed by atoms with Gasteiger partial charge in [0.25, 0.3) is 5.91 Å². The van der Waals surface area contributed by atoms with Crippen molar-refractivity contribution in [1.82, 2.24) is 14.8 Å². The fourth-order valence-electron chi connectivity index (χ4n) is 3.40. The van der Waals surface area contributed by atoms with Gasteiger partial charge >= 0.3 is 0 Å². The Bertz CT molecular complexity index is 1010. The first-order chi connectivity index (χ1) is 14.1. The summed E-state index contributed by atoms with van der Waals surface area (Å²) < 4.78 is 6.31. The van der Waals surface area contributed by atoms with E-state index >= 15 is 0 Å². The van der Waals surface area contributed by atoms with Crippen molar-refractivity contribution in [1.29, 1.82) is 0 Å². The summed E-state index contributed by atoms with van der Waals surface area (Å²) in [5.74, 6) is 0.968. The van der Waals surface area contributed by atoms with Gasteiger partial charge in [-0.1, -0.05) is 24.3 Å². The number of methoxy groups -OCH3 is 1. The number of ether oxygens (including phenoxy) is 1. The highest BCUT2D eigenvalue weighted by atomic mass is 127. The second kappa shape index (κ2) is 10.6. The molecule has 0 N–H and O–H groups in total. The summed E-state index contributed by atoms with van der Waals surface area (Å²) >= 11 is 3.91.